The molecule has 0 saturated carbocycles. The molecular weight excluding hydrogens is 267 g/mol. The van der Waals surface area contributed by atoms with Gasteiger partial charge in [-0.25, -0.2) is 13.2 Å². The fraction of sp³-hybridized carbons (Fsp3) is 0.500. The molecule has 1 aliphatic rings. The quantitative estimate of drug-likeness (QED) is 0.846. The summed E-state index contributed by atoms with van der Waals surface area (Å²) < 4.78 is 44.1. The zero-order chi connectivity index (χ0) is 12.4. The molecule has 0 bridgehead atoms. The third-order valence-electron chi connectivity index (χ3n) is 3.16. The summed E-state index contributed by atoms with van der Waals surface area (Å²) >= 11 is 0. The molecule has 0 amide bonds. The Kier molecular flexibility index (Phi) is 5.44. The highest BCUT2D eigenvalue weighted by atomic mass is 35.5. The highest BCUT2D eigenvalue weighted by molar-refractivity contribution is 5.85. The van der Waals surface area contributed by atoms with Crippen LogP contribution in [0.3, 0.4) is 0 Å². The average molecular weight is 282 g/mol. The van der Waals surface area contributed by atoms with Crippen LogP contribution in [0.4, 0.5) is 13.2 Å². The summed E-state index contributed by atoms with van der Waals surface area (Å²) in [5, 5.41) is 0. The summed E-state index contributed by atoms with van der Waals surface area (Å²) in [5.74, 6) is -3.72. The lowest BCUT2D eigenvalue weighted by atomic mass is 9.88. The largest absolute Gasteiger partial charge is 0.381 e. The Morgan fingerprint density at radius 1 is 1.11 bits per heavy atom. The Balaban J connectivity index is 0.00000162. The maximum atomic E-state index is 13.1. The molecule has 0 unspecified atom stereocenters. The van der Waals surface area contributed by atoms with Crippen molar-refractivity contribution in [2.45, 2.75) is 18.9 Å². The Labute approximate surface area is 110 Å². The Hall–Kier alpha value is -0.780. The monoisotopic (exact) mass is 281 g/mol. The van der Waals surface area contributed by atoms with Crippen LogP contribution in [-0.2, 0) is 4.74 Å². The molecule has 2 rings (SSSR count). The number of hydrogen-bond donors (Lipinski definition) is 1. The van der Waals surface area contributed by atoms with Gasteiger partial charge in [0.15, 0.2) is 17.5 Å². The molecule has 0 aliphatic carbocycles. The van der Waals surface area contributed by atoms with E-state index in [0.717, 1.165) is 25.0 Å². The molecule has 6 heteroatoms. The first kappa shape index (κ1) is 15.3. The first-order valence-electron chi connectivity index (χ1n) is 5.57. The minimum absolute atomic E-state index is 0. The fourth-order valence-corrected chi connectivity index (χ4v) is 2.11. The molecule has 102 valence electrons. The zero-order valence-electron chi connectivity index (χ0n) is 9.67. The van der Waals surface area contributed by atoms with E-state index < -0.39 is 23.5 Å². The van der Waals surface area contributed by atoms with Gasteiger partial charge in [-0.15, -0.1) is 12.4 Å². The summed E-state index contributed by atoms with van der Waals surface area (Å²) in [4.78, 5) is 0. The Morgan fingerprint density at radius 2 is 1.61 bits per heavy atom. The highest BCUT2D eigenvalue weighted by Crippen LogP contribution is 2.29. The molecule has 1 aromatic carbocycles. The van der Waals surface area contributed by atoms with E-state index in [0.29, 0.717) is 18.8 Å². The van der Waals surface area contributed by atoms with Gasteiger partial charge in [-0.05, 0) is 36.5 Å². The number of ether oxygens (including phenoxy) is 1. The highest BCUT2D eigenvalue weighted by Gasteiger charge is 2.24. The number of hydrogen-bond acceptors (Lipinski definition) is 2. The van der Waals surface area contributed by atoms with Gasteiger partial charge in [0.25, 0.3) is 0 Å². The number of nitrogens with two attached hydrogens (primary N) is 1. The van der Waals surface area contributed by atoms with Gasteiger partial charge >= 0.3 is 0 Å². The van der Waals surface area contributed by atoms with E-state index >= 15 is 0 Å². The first-order chi connectivity index (χ1) is 8.09. The second-order valence-corrected chi connectivity index (χ2v) is 4.27. The third kappa shape index (κ3) is 3.16. The van der Waals surface area contributed by atoms with Crippen LogP contribution in [0.2, 0.25) is 0 Å². The van der Waals surface area contributed by atoms with E-state index in [1.807, 2.05) is 0 Å². The number of halogens is 4. The normalized spacial score (nSPS) is 18.2. The lowest BCUT2D eigenvalue weighted by Crippen LogP contribution is -2.27. The van der Waals surface area contributed by atoms with Gasteiger partial charge in [0.2, 0.25) is 0 Å². The second-order valence-electron chi connectivity index (χ2n) is 4.27. The predicted molar refractivity (Wildman–Crippen MR) is 64.0 cm³/mol. The van der Waals surface area contributed by atoms with E-state index in [2.05, 4.69) is 0 Å². The van der Waals surface area contributed by atoms with Crippen molar-refractivity contribution in [2.75, 3.05) is 13.2 Å². The molecule has 2 N–H and O–H groups in total. The topological polar surface area (TPSA) is 35.2 Å². The molecule has 0 aromatic heterocycles. The lowest BCUT2D eigenvalue weighted by Gasteiger charge is -2.27. The van der Waals surface area contributed by atoms with E-state index in [1.165, 1.54) is 0 Å². The summed E-state index contributed by atoms with van der Waals surface area (Å²) in [5.41, 5.74) is 6.25. The van der Waals surface area contributed by atoms with Crippen molar-refractivity contribution in [3.05, 3.63) is 35.1 Å². The van der Waals surface area contributed by atoms with Crippen molar-refractivity contribution >= 4 is 12.4 Å². The van der Waals surface area contributed by atoms with E-state index in [4.69, 9.17) is 10.5 Å². The van der Waals surface area contributed by atoms with Gasteiger partial charge in [0, 0.05) is 19.3 Å². The van der Waals surface area contributed by atoms with Crippen LogP contribution in [0.5, 0.6) is 0 Å². The van der Waals surface area contributed by atoms with Crippen molar-refractivity contribution in [3.63, 3.8) is 0 Å². The van der Waals surface area contributed by atoms with Crippen LogP contribution in [0.25, 0.3) is 0 Å². The van der Waals surface area contributed by atoms with Gasteiger partial charge in [-0.3, -0.25) is 0 Å². The van der Waals surface area contributed by atoms with E-state index in [9.17, 15) is 13.2 Å². The molecule has 2 nitrogen and oxygen atoms in total. The minimum Gasteiger partial charge on any atom is -0.381 e. The summed E-state index contributed by atoms with van der Waals surface area (Å²) in [7, 11) is 0. The molecule has 1 fully saturated rings. The van der Waals surface area contributed by atoms with Crippen molar-refractivity contribution < 1.29 is 17.9 Å². The second kappa shape index (κ2) is 6.41. The Morgan fingerprint density at radius 3 is 2.11 bits per heavy atom. The molecule has 1 atom stereocenters. The summed E-state index contributed by atoms with van der Waals surface area (Å²) in [6, 6.07) is 1.46. The smallest absolute Gasteiger partial charge is 0.194 e. The first-order valence-corrected chi connectivity index (χ1v) is 5.57. The lowest BCUT2D eigenvalue weighted by molar-refractivity contribution is 0.0583. The molecule has 0 spiro atoms. The van der Waals surface area contributed by atoms with Gasteiger partial charge < -0.3 is 10.5 Å². The van der Waals surface area contributed by atoms with Crippen LogP contribution in [0.1, 0.15) is 24.4 Å². The van der Waals surface area contributed by atoms with Crippen molar-refractivity contribution in [3.8, 4) is 0 Å². The molecule has 1 saturated heterocycles. The zero-order valence-corrected chi connectivity index (χ0v) is 10.5. The van der Waals surface area contributed by atoms with Crippen LogP contribution in [0.15, 0.2) is 12.1 Å². The van der Waals surface area contributed by atoms with Crippen LogP contribution >= 0.6 is 12.4 Å². The van der Waals surface area contributed by atoms with E-state index in [1.54, 1.807) is 0 Å². The number of rotatable bonds is 2. The molecule has 1 heterocycles. The van der Waals surface area contributed by atoms with Gasteiger partial charge in [0.05, 0.1) is 0 Å². The molecule has 18 heavy (non-hydrogen) atoms. The maximum Gasteiger partial charge on any atom is 0.194 e. The molecule has 1 aliphatic heterocycles. The summed E-state index contributed by atoms with van der Waals surface area (Å²) in [6.07, 6.45) is 1.50. The predicted octanol–water partition coefficient (Wildman–Crippen LogP) is 2.95. The average Bonchev–Trinajstić information content (AvgIpc) is 2.35. The SMILES string of the molecule is Cl.N[C@H](c1cc(F)c(F)c(F)c1)C1CCOCC1. The van der Waals surface area contributed by atoms with Crippen molar-refractivity contribution in [1.82, 2.24) is 0 Å². The minimum atomic E-state index is -1.45. The van der Waals surface area contributed by atoms with Crippen LogP contribution in [-0.4, -0.2) is 13.2 Å². The maximum absolute atomic E-state index is 13.1. The standard InChI is InChI=1S/C12H14F3NO.ClH/c13-9-5-8(6-10(14)11(9)15)12(16)7-1-3-17-4-2-7;/h5-7,12H,1-4,16H2;1H/t12-;/m0./s1. The third-order valence-corrected chi connectivity index (χ3v) is 3.16. The molecular formula is C12H15ClF3NO. The Bertz CT molecular complexity index is 387. The van der Waals surface area contributed by atoms with Crippen molar-refractivity contribution in [2.24, 2.45) is 11.7 Å². The fourth-order valence-electron chi connectivity index (χ4n) is 2.11. The van der Waals surface area contributed by atoms with E-state index in [-0.39, 0.29) is 18.3 Å². The van der Waals surface area contributed by atoms with Crippen molar-refractivity contribution in [1.29, 1.82) is 0 Å². The van der Waals surface area contributed by atoms with Crippen LogP contribution < -0.4 is 5.73 Å². The van der Waals surface area contributed by atoms with Gasteiger partial charge in [0.1, 0.15) is 0 Å². The van der Waals surface area contributed by atoms with Gasteiger partial charge in [-0.1, -0.05) is 0 Å². The molecule has 0 radical (unpaired) electrons. The molecule has 1 aromatic rings. The number of benzene rings is 1. The van der Waals surface area contributed by atoms with Gasteiger partial charge in [-0.2, -0.15) is 0 Å². The van der Waals surface area contributed by atoms with Crippen LogP contribution in [0, 0.1) is 23.4 Å². The summed E-state index contributed by atoms with van der Waals surface area (Å²) in [6.45, 7) is 1.20.